The molecule has 0 radical (unpaired) electrons. The quantitative estimate of drug-likeness (QED) is 0.542. The molecule has 3 rings (SSSR count). The second-order valence-corrected chi connectivity index (χ2v) is 7.87. The molecule has 2 N–H and O–H groups in total. The number of aromatic hydroxyl groups is 1. The number of hydrogen-bond donors (Lipinski definition) is 2. The highest BCUT2D eigenvalue weighted by Gasteiger charge is 2.17. The van der Waals surface area contributed by atoms with E-state index in [1.54, 1.807) is 32.0 Å². The molecule has 0 saturated heterocycles. The van der Waals surface area contributed by atoms with Crippen molar-refractivity contribution in [2.75, 3.05) is 0 Å². The average molecular weight is 368 g/mol. The van der Waals surface area contributed by atoms with Crippen LogP contribution in [0.15, 0.2) is 64.6 Å². The summed E-state index contributed by atoms with van der Waals surface area (Å²) in [5, 5.41) is 16.1. The van der Waals surface area contributed by atoms with E-state index in [0.717, 1.165) is 10.9 Å². The highest BCUT2D eigenvalue weighted by atomic mass is 32.2. The topological polar surface area (TPSA) is 78.8 Å². The summed E-state index contributed by atoms with van der Waals surface area (Å²) in [6.07, 6.45) is 0. The molecule has 3 aromatic carbocycles. The molecule has 0 bridgehead atoms. The van der Waals surface area contributed by atoms with E-state index in [2.05, 4.69) is 9.93 Å². The Hall–Kier alpha value is -2.86. The molecule has 0 unspecified atom stereocenters. The third kappa shape index (κ3) is 3.41. The SMILES string of the molecule is C/C(=N\NS(=O)(=O)c1cc(C)ccc1C)c1ccc2ccccc2c1O. The van der Waals surface area contributed by atoms with E-state index < -0.39 is 10.0 Å². The predicted molar refractivity (Wildman–Crippen MR) is 104 cm³/mol. The van der Waals surface area contributed by atoms with E-state index in [1.165, 1.54) is 0 Å². The summed E-state index contributed by atoms with van der Waals surface area (Å²) >= 11 is 0. The van der Waals surface area contributed by atoms with E-state index in [1.807, 2.05) is 43.3 Å². The van der Waals surface area contributed by atoms with Crippen LogP contribution >= 0.6 is 0 Å². The van der Waals surface area contributed by atoms with Crippen molar-refractivity contribution in [2.24, 2.45) is 5.10 Å². The summed E-state index contributed by atoms with van der Waals surface area (Å²) in [4.78, 5) is 2.46. The fourth-order valence-electron chi connectivity index (χ4n) is 2.78. The van der Waals surface area contributed by atoms with Crippen LogP contribution in [0.25, 0.3) is 10.8 Å². The predicted octanol–water partition coefficient (Wildman–Crippen LogP) is 3.86. The Morgan fingerprint density at radius 2 is 1.77 bits per heavy atom. The third-order valence-electron chi connectivity index (χ3n) is 4.26. The number of phenolic OH excluding ortho intramolecular Hbond substituents is 1. The zero-order valence-electron chi connectivity index (χ0n) is 14.8. The first-order valence-corrected chi connectivity index (χ1v) is 9.62. The van der Waals surface area contributed by atoms with E-state index in [9.17, 15) is 13.5 Å². The summed E-state index contributed by atoms with van der Waals surface area (Å²) in [6.45, 7) is 5.22. The molecule has 3 aromatic rings. The van der Waals surface area contributed by atoms with Crippen LogP contribution in [0, 0.1) is 13.8 Å². The molecule has 0 fully saturated rings. The summed E-state index contributed by atoms with van der Waals surface area (Å²) in [7, 11) is -3.79. The number of nitrogens with zero attached hydrogens (tertiary/aromatic N) is 1. The molecule has 0 amide bonds. The summed E-state index contributed by atoms with van der Waals surface area (Å²) < 4.78 is 25.1. The standard InChI is InChI=1S/C20H20N2O3S/c1-13-8-9-14(2)19(12-13)26(24,25)22-21-15(3)17-11-10-16-6-4-5-7-18(16)20(17)23/h4-12,22-23H,1-3H3/b21-15+. The van der Waals surface area contributed by atoms with Crippen LogP contribution in [-0.2, 0) is 10.0 Å². The van der Waals surface area contributed by atoms with Gasteiger partial charge in [-0.15, -0.1) is 0 Å². The van der Waals surface area contributed by atoms with Gasteiger partial charge in [-0.2, -0.15) is 18.4 Å². The minimum atomic E-state index is -3.79. The monoisotopic (exact) mass is 368 g/mol. The number of hydrogen-bond acceptors (Lipinski definition) is 4. The van der Waals surface area contributed by atoms with Crippen molar-refractivity contribution in [1.82, 2.24) is 4.83 Å². The van der Waals surface area contributed by atoms with Gasteiger partial charge in [-0.05, 0) is 49.4 Å². The van der Waals surface area contributed by atoms with Crippen molar-refractivity contribution in [3.63, 3.8) is 0 Å². The molecule has 0 spiro atoms. The van der Waals surface area contributed by atoms with E-state index >= 15 is 0 Å². The van der Waals surface area contributed by atoms with Crippen molar-refractivity contribution in [3.05, 3.63) is 71.3 Å². The fraction of sp³-hybridized carbons (Fsp3) is 0.150. The van der Waals surface area contributed by atoms with Gasteiger partial charge in [0.25, 0.3) is 10.0 Å². The number of aryl methyl sites for hydroxylation is 2. The van der Waals surface area contributed by atoms with Crippen LogP contribution in [-0.4, -0.2) is 19.2 Å². The normalized spacial score (nSPS) is 12.3. The lowest BCUT2D eigenvalue weighted by Crippen LogP contribution is -2.21. The molecule has 0 aliphatic rings. The lowest BCUT2D eigenvalue weighted by atomic mass is 10.0. The molecule has 26 heavy (non-hydrogen) atoms. The number of nitrogens with one attached hydrogen (secondary N) is 1. The molecule has 134 valence electrons. The second kappa shape index (κ2) is 6.80. The Morgan fingerprint density at radius 1 is 1.04 bits per heavy atom. The molecule has 6 heteroatoms. The van der Waals surface area contributed by atoms with Crippen molar-refractivity contribution < 1.29 is 13.5 Å². The Kier molecular flexibility index (Phi) is 4.70. The first-order valence-electron chi connectivity index (χ1n) is 8.14. The van der Waals surface area contributed by atoms with Crippen LogP contribution in [0.2, 0.25) is 0 Å². The molecule has 0 saturated carbocycles. The number of rotatable bonds is 4. The zero-order valence-corrected chi connectivity index (χ0v) is 15.6. The molecular formula is C20H20N2O3S. The highest BCUT2D eigenvalue weighted by molar-refractivity contribution is 7.89. The lowest BCUT2D eigenvalue weighted by molar-refractivity contribution is 0.480. The molecule has 0 atom stereocenters. The maximum absolute atomic E-state index is 12.6. The molecule has 5 nitrogen and oxygen atoms in total. The van der Waals surface area contributed by atoms with Crippen LogP contribution in [0.4, 0.5) is 0 Å². The van der Waals surface area contributed by atoms with Gasteiger partial charge in [-0.1, -0.05) is 42.5 Å². The second-order valence-electron chi connectivity index (χ2n) is 6.24. The van der Waals surface area contributed by atoms with Crippen molar-refractivity contribution in [2.45, 2.75) is 25.7 Å². The average Bonchev–Trinajstić information content (AvgIpc) is 2.62. The zero-order chi connectivity index (χ0) is 18.9. The number of sulfonamides is 1. The summed E-state index contributed by atoms with van der Waals surface area (Å²) in [6, 6.07) is 16.2. The molecule has 0 aliphatic heterocycles. The maximum atomic E-state index is 12.6. The van der Waals surface area contributed by atoms with Gasteiger partial charge in [-0.25, -0.2) is 0 Å². The Bertz CT molecular complexity index is 1120. The van der Waals surface area contributed by atoms with E-state index in [-0.39, 0.29) is 10.6 Å². The van der Waals surface area contributed by atoms with Gasteiger partial charge in [-0.3, -0.25) is 0 Å². The van der Waals surface area contributed by atoms with E-state index in [0.29, 0.717) is 22.2 Å². The minimum Gasteiger partial charge on any atom is -0.507 e. The van der Waals surface area contributed by atoms with Gasteiger partial charge in [0.1, 0.15) is 5.75 Å². The molecular weight excluding hydrogens is 348 g/mol. The van der Waals surface area contributed by atoms with Crippen molar-refractivity contribution in [3.8, 4) is 5.75 Å². The van der Waals surface area contributed by atoms with Gasteiger partial charge >= 0.3 is 0 Å². The molecule has 0 heterocycles. The smallest absolute Gasteiger partial charge is 0.276 e. The van der Waals surface area contributed by atoms with Crippen LogP contribution in [0.5, 0.6) is 5.75 Å². The fourth-order valence-corrected chi connectivity index (χ4v) is 3.97. The highest BCUT2D eigenvalue weighted by Crippen LogP contribution is 2.29. The number of hydrazone groups is 1. The first kappa shape index (κ1) is 17.9. The van der Waals surface area contributed by atoms with Crippen LogP contribution in [0.1, 0.15) is 23.6 Å². The van der Waals surface area contributed by atoms with Gasteiger partial charge in [0.15, 0.2) is 0 Å². The largest absolute Gasteiger partial charge is 0.507 e. The maximum Gasteiger partial charge on any atom is 0.276 e. The number of phenols is 1. The van der Waals surface area contributed by atoms with Gasteiger partial charge in [0, 0.05) is 10.9 Å². The van der Waals surface area contributed by atoms with Gasteiger partial charge in [0.05, 0.1) is 10.6 Å². The first-order chi connectivity index (χ1) is 12.3. The van der Waals surface area contributed by atoms with Crippen LogP contribution in [0.3, 0.4) is 0 Å². The van der Waals surface area contributed by atoms with Crippen LogP contribution < -0.4 is 4.83 Å². The molecule has 0 aromatic heterocycles. The minimum absolute atomic E-state index is 0.0790. The number of benzene rings is 3. The van der Waals surface area contributed by atoms with Gasteiger partial charge in [0.2, 0.25) is 0 Å². The summed E-state index contributed by atoms with van der Waals surface area (Å²) in [5.74, 6) is 0.0790. The Balaban J connectivity index is 1.96. The molecule has 0 aliphatic carbocycles. The lowest BCUT2D eigenvalue weighted by Gasteiger charge is -2.10. The number of fused-ring (bicyclic) bond motifs is 1. The van der Waals surface area contributed by atoms with Gasteiger partial charge < -0.3 is 5.11 Å². The van der Waals surface area contributed by atoms with E-state index in [4.69, 9.17) is 0 Å². The Labute approximate surface area is 153 Å². The third-order valence-corrected chi connectivity index (χ3v) is 5.61. The Morgan fingerprint density at radius 3 is 2.54 bits per heavy atom. The summed E-state index contributed by atoms with van der Waals surface area (Å²) in [5.41, 5.74) is 2.35. The van der Waals surface area contributed by atoms with Crippen molar-refractivity contribution >= 4 is 26.5 Å². The van der Waals surface area contributed by atoms with Crippen molar-refractivity contribution in [1.29, 1.82) is 0 Å².